The minimum absolute atomic E-state index is 0.00804. The summed E-state index contributed by atoms with van der Waals surface area (Å²) < 4.78 is 13.1. The normalized spacial score (nSPS) is 9.73. The molecular formula is C11H12FNO2. The topological polar surface area (TPSA) is 37.4 Å². The smallest absolute Gasteiger partial charge is 0.281 e. The maximum atomic E-state index is 13.1. The van der Waals surface area contributed by atoms with Crippen LogP contribution in [0.4, 0.5) is 4.48 Å². The van der Waals surface area contributed by atoms with Crippen molar-refractivity contribution in [2.45, 2.75) is 13.3 Å². The second kappa shape index (κ2) is 5.24. The van der Waals surface area contributed by atoms with E-state index in [0.717, 1.165) is 5.56 Å². The van der Waals surface area contributed by atoms with E-state index in [1.165, 1.54) is 0 Å². The fourth-order valence-corrected chi connectivity index (χ4v) is 1.10. The summed E-state index contributed by atoms with van der Waals surface area (Å²) in [6.07, 6.45) is 0.586. The van der Waals surface area contributed by atoms with Gasteiger partial charge >= 0.3 is 0 Å². The molecule has 0 aromatic heterocycles. The van der Waals surface area contributed by atoms with Gasteiger partial charge in [0.05, 0.1) is 6.54 Å². The van der Waals surface area contributed by atoms with Gasteiger partial charge in [-0.1, -0.05) is 22.2 Å². The van der Waals surface area contributed by atoms with Crippen LogP contribution >= 0.6 is 0 Å². The molecule has 1 rings (SSSR count). The van der Waals surface area contributed by atoms with Crippen molar-refractivity contribution in [1.82, 2.24) is 5.12 Å². The summed E-state index contributed by atoms with van der Waals surface area (Å²) in [6.45, 7) is 1.68. The van der Waals surface area contributed by atoms with Crippen LogP contribution in [0.5, 0.6) is 0 Å². The zero-order valence-corrected chi connectivity index (χ0v) is 8.44. The third-order valence-corrected chi connectivity index (χ3v) is 1.96. The Hall–Kier alpha value is -1.71. The van der Waals surface area contributed by atoms with Gasteiger partial charge in [0.15, 0.2) is 0 Å². The number of aryl methyl sites for hydroxylation is 1. The highest BCUT2D eigenvalue weighted by Gasteiger charge is 2.13. The minimum Gasteiger partial charge on any atom is -0.303 e. The lowest BCUT2D eigenvalue weighted by molar-refractivity contribution is -0.108. The summed E-state index contributed by atoms with van der Waals surface area (Å²) in [5.41, 5.74) is 1.29. The quantitative estimate of drug-likeness (QED) is 0.561. The lowest BCUT2D eigenvalue weighted by Crippen LogP contribution is -2.23. The van der Waals surface area contributed by atoms with Crippen LogP contribution < -0.4 is 0 Å². The first kappa shape index (κ1) is 11.4. The van der Waals surface area contributed by atoms with Crippen LogP contribution in [-0.4, -0.2) is 23.9 Å². The second-order valence-electron chi connectivity index (χ2n) is 3.21. The molecule has 0 spiro atoms. The molecule has 4 heteroatoms. The number of aldehydes is 1. The molecule has 0 bridgehead atoms. The Labute approximate surface area is 87.4 Å². The Morgan fingerprint density at radius 1 is 1.40 bits per heavy atom. The highest BCUT2D eigenvalue weighted by atomic mass is 19.2. The van der Waals surface area contributed by atoms with Crippen molar-refractivity contribution in [3.8, 4) is 0 Å². The van der Waals surface area contributed by atoms with Crippen molar-refractivity contribution in [3.63, 3.8) is 0 Å². The number of amides is 1. The molecule has 3 nitrogen and oxygen atoms in total. The van der Waals surface area contributed by atoms with Gasteiger partial charge in [-0.05, 0) is 19.1 Å². The van der Waals surface area contributed by atoms with Crippen LogP contribution in [0.25, 0.3) is 0 Å². The van der Waals surface area contributed by atoms with Gasteiger partial charge in [-0.25, -0.2) is 0 Å². The van der Waals surface area contributed by atoms with Gasteiger partial charge in [0, 0.05) is 12.0 Å². The molecule has 0 saturated carbocycles. The monoisotopic (exact) mass is 209 g/mol. The Balaban J connectivity index is 2.67. The highest BCUT2D eigenvalue weighted by Crippen LogP contribution is 2.07. The molecule has 0 atom stereocenters. The molecule has 15 heavy (non-hydrogen) atoms. The first-order chi connectivity index (χ1) is 7.15. The number of benzene rings is 1. The summed E-state index contributed by atoms with van der Waals surface area (Å²) in [4.78, 5) is 21.4. The van der Waals surface area contributed by atoms with Crippen LogP contribution in [0.15, 0.2) is 24.3 Å². The van der Waals surface area contributed by atoms with Gasteiger partial charge in [-0.2, -0.15) is 5.12 Å². The Morgan fingerprint density at radius 3 is 2.53 bits per heavy atom. The van der Waals surface area contributed by atoms with Crippen molar-refractivity contribution >= 4 is 12.2 Å². The fourth-order valence-electron chi connectivity index (χ4n) is 1.10. The summed E-state index contributed by atoms with van der Waals surface area (Å²) in [6, 6.07) is 6.60. The van der Waals surface area contributed by atoms with Gasteiger partial charge in [-0.15, -0.1) is 0 Å². The molecule has 0 aliphatic rings. The van der Waals surface area contributed by atoms with Crippen LogP contribution in [0.3, 0.4) is 0 Å². The van der Waals surface area contributed by atoms with Crippen LogP contribution in [0.2, 0.25) is 0 Å². The van der Waals surface area contributed by atoms with Gasteiger partial charge < -0.3 is 4.79 Å². The standard InChI is InChI=1S/C11H12FNO2/c1-9-3-5-10(6-4-9)11(15)13(12)7-2-8-14/h3-6,8H,2,7H2,1H3. The average molecular weight is 209 g/mol. The molecule has 0 aliphatic heterocycles. The molecule has 1 aromatic rings. The van der Waals surface area contributed by atoms with Gasteiger partial charge in [0.2, 0.25) is 0 Å². The summed E-state index contributed by atoms with van der Waals surface area (Å²) in [5, 5.41) is 0.0546. The number of halogens is 1. The predicted octanol–water partition coefficient (Wildman–Crippen LogP) is 1.91. The van der Waals surface area contributed by atoms with E-state index >= 15 is 0 Å². The first-order valence-electron chi connectivity index (χ1n) is 4.63. The minimum atomic E-state index is -0.711. The van der Waals surface area contributed by atoms with E-state index in [1.807, 2.05) is 6.92 Å². The SMILES string of the molecule is Cc1ccc(C(=O)N(F)CCC=O)cc1. The van der Waals surface area contributed by atoms with Crippen LogP contribution in [0, 0.1) is 6.92 Å². The predicted molar refractivity (Wildman–Crippen MR) is 54.0 cm³/mol. The number of carbonyl (C=O) groups is 2. The molecule has 1 amide bonds. The first-order valence-corrected chi connectivity index (χ1v) is 4.63. The van der Waals surface area contributed by atoms with E-state index in [4.69, 9.17) is 0 Å². The lowest BCUT2D eigenvalue weighted by atomic mass is 10.1. The van der Waals surface area contributed by atoms with Crippen molar-refractivity contribution in [2.75, 3.05) is 6.54 Å². The zero-order chi connectivity index (χ0) is 11.3. The molecule has 0 unspecified atom stereocenters. The Kier molecular flexibility index (Phi) is 3.97. The number of hydrogen-bond donors (Lipinski definition) is 0. The number of hydrogen-bond acceptors (Lipinski definition) is 2. The maximum absolute atomic E-state index is 13.1. The molecule has 0 saturated heterocycles. The third-order valence-electron chi connectivity index (χ3n) is 1.96. The number of carbonyl (C=O) groups excluding carboxylic acids is 2. The highest BCUT2D eigenvalue weighted by molar-refractivity contribution is 5.93. The molecule has 0 fully saturated rings. The van der Waals surface area contributed by atoms with Crippen LogP contribution in [0.1, 0.15) is 22.3 Å². The Morgan fingerprint density at radius 2 is 2.00 bits per heavy atom. The zero-order valence-electron chi connectivity index (χ0n) is 8.44. The molecule has 0 N–H and O–H groups in total. The fraction of sp³-hybridized carbons (Fsp3) is 0.273. The average Bonchev–Trinajstić information content (AvgIpc) is 2.26. The third kappa shape index (κ3) is 3.16. The molecule has 0 radical (unpaired) electrons. The van der Waals surface area contributed by atoms with E-state index in [9.17, 15) is 14.1 Å². The Bertz CT molecular complexity index is 348. The van der Waals surface area contributed by atoms with Gasteiger partial charge in [0.25, 0.3) is 5.91 Å². The second-order valence-corrected chi connectivity index (χ2v) is 3.21. The van der Waals surface area contributed by atoms with Crippen molar-refractivity contribution < 1.29 is 14.1 Å². The van der Waals surface area contributed by atoms with Crippen LogP contribution in [-0.2, 0) is 4.79 Å². The number of rotatable bonds is 4. The van der Waals surface area contributed by atoms with E-state index in [-0.39, 0.29) is 23.7 Å². The number of nitrogens with zero attached hydrogens (tertiary/aromatic N) is 1. The van der Waals surface area contributed by atoms with E-state index in [0.29, 0.717) is 6.29 Å². The lowest BCUT2D eigenvalue weighted by Gasteiger charge is -2.10. The van der Waals surface area contributed by atoms with Crippen molar-refractivity contribution in [2.24, 2.45) is 0 Å². The van der Waals surface area contributed by atoms with E-state index in [2.05, 4.69) is 0 Å². The molecular weight excluding hydrogens is 197 g/mol. The van der Waals surface area contributed by atoms with E-state index < -0.39 is 5.91 Å². The molecule has 0 heterocycles. The summed E-state index contributed by atoms with van der Waals surface area (Å²) in [5.74, 6) is -0.711. The molecule has 0 aliphatic carbocycles. The summed E-state index contributed by atoms with van der Waals surface area (Å²) >= 11 is 0. The van der Waals surface area contributed by atoms with Gasteiger partial charge in [0.1, 0.15) is 6.29 Å². The van der Waals surface area contributed by atoms with E-state index in [1.54, 1.807) is 24.3 Å². The molecule has 80 valence electrons. The molecule has 1 aromatic carbocycles. The summed E-state index contributed by atoms with van der Waals surface area (Å²) in [7, 11) is 0. The van der Waals surface area contributed by atoms with Gasteiger partial charge in [-0.3, -0.25) is 4.79 Å². The largest absolute Gasteiger partial charge is 0.303 e. The van der Waals surface area contributed by atoms with Crippen molar-refractivity contribution in [1.29, 1.82) is 0 Å². The van der Waals surface area contributed by atoms with Crippen molar-refractivity contribution in [3.05, 3.63) is 35.4 Å². The maximum Gasteiger partial charge on any atom is 0.281 e.